The molecule has 4 heteroatoms. The van der Waals surface area contributed by atoms with Crippen LogP contribution in [0.5, 0.6) is 0 Å². The maximum Gasteiger partial charge on any atom is 0.222 e. The molecule has 4 nitrogen and oxygen atoms in total. The smallest absolute Gasteiger partial charge is 0.222 e. The number of hydrogen-bond acceptors (Lipinski definition) is 3. The quantitative estimate of drug-likeness (QED) is 0.752. The maximum absolute atomic E-state index is 12.1. The Bertz CT molecular complexity index is 225. The average Bonchev–Trinajstić information content (AvgIpc) is 2.38. The van der Waals surface area contributed by atoms with Crippen molar-refractivity contribution in [3.05, 3.63) is 0 Å². The minimum Gasteiger partial charge on any atom is -0.340 e. The first-order valence-electron chi connectivity index (χ1n) is 6.91. The molecule has 0 aliphatic carbocycles. The van der Waals surface area contributed by atoms with Gasteiger partial charge in [0.25, 0.3) is 0 Å². The van der Waals surface area contributed by atoms with E-state index >= 15 is 0 Å². The highest BCUT2D eigenvalue weighted by Gasteiger charge is 2.22. The Morgan fingerprint density at radius 2 is 1.88 bits per heavy atom. The Kier molecular flexibility index (Phi) is 6.52. The second-order valence-electron chi connectivity index (χ2n) is 4.91. The lowest BCUT2D eigenvalue weighted by Crippen LogP contribution is -2.49. The largest absolute Gasteiger partial charge is 0.340 e. The van der Waals surface area contributed by atoms with Gasteiger partial charge in [0.2, 0.25) is 5.91 Å². The van der Waals surface area contributed by atoms with Gasteiger partial charge >= 0.3 is 0 Å². The van der Waals surface area contributed by atoms with Crippen LogP contribution in [0.4, 0.5) is 0 Å². The summed E-state index contributed by atoms with van der Waals surface area (Å²) >= 11 is 0. The summed E-state index contributed by atoms with van der Waals surface area (Å²) in [6.07, 6.45) is 2.81. The number of hydrogen-bond donors (Lipinski definition) is 1. The van der Waals surface area contributed by atoms with E-state index in [4.69, 9.17) is 5.73 Å². The summed E-state index contributed by atoms with van der Waals surface area (Å²) in [5, 5.41) is 0. The molecule has 17 heavy (non-hydrogen) atoms. The molecule has 2 N–H and O–H groups in total. The molecule has 0 radical (unpaired) electrons. The molecule has 0 saturated carbocycles. The van der Waals surface area contributed by atoms with Gasteiger partial charge in [0.15, 0.2) is 0 Å². The van der Waals surface area contributed by atoms with Crippen LogP contribution in [-0.4, -0.2) is 55.0 Å². The Labute approximate surface area is 105 Å². The number of rotatable bonds is 6. The highest BCUT2D eigenvalue weighted by atomic mass is 16.2. The molecular weight excluding hydrogens is 214 g/mol. The fourth-order valence-corrected chi connectivity index (χ4v) is 2.40. The Morgan fingerprint density at radius 1 is 1.24 bits per heavy atom. The van der Waals surface area contributed by atoms with Gasteiger partial charge < -0.3 is 15.5 Å². The van der Waals surface area contributed by atoms with E-state index in [1.54, 1.807) is 0 Å². The summed E-state index contributed by atoms with van der Waals surface area (Å²) in [5.41, 5.74) is 5.70. The van der Waals surface area contributed by atoms with Crippen LogP contribution >= 0.6 is 0 Å². The van der Waals surface area contributed by atoms with Gasteiger partial charge in [-0.05, 0) is 25.4 Å². The SMILES string of the molecule is CCCC(CN)CC(=O)N1CCN(CC)CC1. The lowest BCUT2D eigenvalue weighted by atomic mass is 9.99. The second-order valence-corrected chi connectivity index (χ2v) is 4.91. The minimum absolute atomic E-state index is 0.296. The van der Waals surface area contributed by atoms with Crippen LogP contribution in [0, 0.1) is 5.92 Å². The van der Waals surface area contributed by atoms with Crippen molar-refractivity contribution in [2.75, 3.05) is 39.3 Å². The molecule has 1 fully saturated rings. The number of amides is 1. The van der Waals surface area contributed by atoms with Crippen LogP contribution in [0.2, 0.25) is 0 Å². The predicted molar refractivity (Wildman–Crippen MR) is 70.8 cm³/mol. The molecule has 100 valence electrons. The number of carbonyl (C=O) groups excluding carboxylic acids is 1. The van der Waals surface area contributed by atoms with Gasteiger partial charge in [-0.1, -0.05) is 20.3 Å². The highest BCUT2D eigenvalue weighted by Crippen LogP contribution is 2.13. The molecule has 0 aromatic rings. The van der Waals surface area contributed by atoms with Crippen LogP contribution in [0.1, 0.15) is 33.1 Å². The van der Waals surface area contributed by atoms with Gasteiger partial charge in [0.1, 0.15) is 0 Å². The van der Waals surface area contributed by atoms with Crippen molar-refractivity contribution < 1.29 is 4.79 Å². The van der Waals surface area contributed by atoms with Crippen molar-refractivity contribution in [1.82, 2.24) is 9.80 Å². The Balaban J connectivity index is 2.32. The first-order valence-corrected chi connectivity index (χ1v) is 6.91. The molecule has 1 atom stereocenters. The molecule has 1 unspecified atom stereocenters. The van der Waals surface area contributed by atoms with Gasteiger partial charge in [-0.2, -0.15) is 0 Å². The summed E-state index contributed by atoms with van der Waals surface area (Å²) in [5.74, 6) is 0.668. The van der Waals surface area contributed by atoms with Crippen LogP contribution in [0.25, 0.3) is 0 Å². The molecule has 1 aliphatic heterocycles. The minimum atomic E-state index is 0.296. The number of nitrogens with zero attached hydrogens (tertiary/aromatic N) is 2. The van der Waals surface area contributed by atoms with Crippen molar-refractivity contribution in [3.63, 3.8) is 0 Å². The summed E-state index contributed by atoms with van der Waals surface area (Å²) < 4.78 is 0. The molecule has 1 saturated heterocycles. The van der Waals surface area contributed by atoms with Crippen molar-refractivity contribution >= 4 is 5.91 Å². The maximum atomic E-state index is 12.1. The monoisotopic (exact) mass is 241 g/mol. The number of piperazine rings is 1. The van der Waals surface area contributed by atoms with E-state index in [1.165, 1.54) is 0 Å². The fraction of sp³-hybridized carbons (Fsp3) is 0.923. The number of carbonyl (C=O) groups is 1. The van der Waals surface area contributed by atoms with Gasteiger partial charge in [0, 0.05) is 32.6 Å². The van der Waals surface area contributed by atoms with E-state index in [2.05, 4.69) is 18.7 Å². The van der Waals surface area contributed by atoms with E-state index in [1.807, 2.05) is 4.90 Å². The third-order valence-electron chi connectivity index (χ3n) is 3.67. The topological polar surface area (TPSA) is 49.6 Å². The average molecular weight is 241 g/mol. The summed E-state index contributed by atoms with van der Waals surface area (Å²) in [6.45, 7) is 9.84. The van der Waals surface area contributed by atoms with Crippen LogP contribution in [0.15, 0.2) is 0 Å². The zero-order valence-electron chi connectivity index (χ0n) is 11.3. The van der Waals surface area contributed by atoms with Crippen LogP contribution < -0.4 is 5.73 Å². The van der Waals surface area contributed by atoms with Crippen molar-refractivity contribution in [3.8, 4) is 0 Å². The molecule has 0 bridgehead atoms. The summed E-state index contributed by atoms with van der Waals surface area (Å²) in [6, 6.07) is 0. The zero-order valence-corrected chi connectivity index (χ0v) is 11.3. The van der Waals surface area contributed by atoms with Gasteiger partial charge in [-0.3, -0.25) is 4.79 Å². The standard InChI is InChI=1S/C13H27N3O/c1-3-5-12(11-14)10-13(17)16-8-6-15(4-2)7-9-16/h12H,3-11,14H2,1-2H3. The van der Waals surface area contributed by atoms with Crippen LogP contribution in [0.3, 0.4) is 0 Å². The Hall–Kier alpha value is -0.610. The van der Waals surface area contributed by atoms with E-state index in [0.717, 1.165) is 45.6 Å². The van der Waals surface area contributed by atoms with E-state index in [-0.39, 0.29) is 0 Å². The third-order valence-corrected chi connectivity index (χ3v) is 3.67. The first kappa shape index (κ1) is 14.5. The molecule has 1 heterocycles. The van der Waals surface area contributed by atoms with Crippen molar-refractivity contribution in [1.29, 1.82) is 0 Å². The first-order chi connectivity index (χ1) is 8.21. The summed E-state index contributed by atoms with van der Waals surface area (Å²) in [7, 11) is 0. The number of likely N-dealkylation sites (N-methyl/N-ethyl adjacent to an activating group) is 1. The van der Waals surface area contributed by atoms with Crippen LogP contribution in [-0.2, 0) is 4.79 Å². The zero-order chi connectivity index (χ0) is 12.7. The Morgan fingerprint density at radius 3 is 2.35 bits per heavy atom. The molecular formula is C13H27N3O. The lowest BCUT2D eigenvalue weighted by molar-refractivity contribution is -0.133. The third kappa shape index (κ3) is 4.64. The van der Waals surface area contributed by atoms with Crippen molar-refractivity contribution in [2.24, 2.45) is 11.7 Å². The van der Waals surface area contributed by atoms with Gasteiger partial charge in [0.05, 0.1) is 0 Å². The van der Waals surface area contributed by atoms with E-state index < -0.39 is 0 Å². The molecule has 0 spiro atoms. The molecule has 1 aliphatic rings. The normalized spacial score (nSPS) is 19.4. The molecule has 0 aromatic carbocycles. The van der Waals surface area contributed by atoms with E-state index in [0.29, 0.717) is 24.8 Å². The second kappa shape index (κ2) is 7.67. The molecule has 1 amide bonds. The molecule has 1 rings (SSSR count). The van der Waals surface area contributed by atoms with Gasteiger partial charge in [-0.15, -0.1) is 0 Å². The fourth-order valence-electron chi connectivity index (χ4n) is 2.40. The number of nitrogens with two attached hydrogens (primary N) is 1. The summed E-state index contributed by atoms with van der Waals surface area (Å²) in [4.78, 5) is 16.5. The van der Waals surface area contributed by atoms with E-state index in [9.17, 15) is 4.79 Å². The predicted octanol–water partition coefficient (Wildman–Crippen LogP) is 0.916. The van der Waals surface area contributed by atoms with Gasteiger partial charge in [-0.25, -0.2) is 0 Å². The highest BCUT2D eigenvalue weighted by molar-refractivity contribution is 5.76. The lowest BCUT2D eigenvalue weighted by Gasteiger charge is -2.34. The van der Waals surface area contributed by atoms with Crippen molar-refractivity contribution in [2.45, 2.75) is 33.1 Å². The molecule has 0 aromatic heterocycles.